The minimum Gasteiger partial charge on any atom is -0.395 e. The number of aliphatic hydroxyl groups is 1. The number of carbonyl (C=O) groups excluding carboxylic acids is 1. The molecule has 3 N–H and O–H groups in total. The molecule has 0 aromatic heterocycles. The Morgan fingerprint density at radius 3 is 2.82 bits per heavy atom. The topological polar surface area (TPSA) is 70.6 Å². The van der Waals surface area contributed by atoms with Gasteiger partial charge in [-0.3, -0.25) is 4.79 Å². The normalized spacial score (nSPS) is 22.4. The third-order valence-corrected chi connectivity index (χ3v) is 3.90. The van der Waals surface area contributed by atoms with Gasteiger partial charge in [0.25, 0.3) is 5.91 Å². The summed E-state index contributed by atoms with van der Waals surface area (Å²) in [6.07, 6.45) is -0.595. The Kier molecular flexibility index (Phi) is 5.16. The van der Waals surface area contributed by atoms with E-state index in [0.29, 0.717) is 13.2 Å². The summed E-state index contributed by atoms with van der Waals surface area (Å²) in [5.74, 6) is -0.518. The van der Waals surface area contributed by atoms with Crippen molar-refractivity contribution >= 4 is 5.91 Å². The molecule has 1 aliphatic rings. The zero-order chi connectivity index (χ0) is 16.3. The molecule has 122 valence electrons. The second kappa shape index (κ2) is 6.73. The number of rotatable bonds is 4. The van der Waals surface area contributed by atoms with Crippen molar-refractivity contribution in [3.8, 4) is 0 Å². The first kappa shape index (κ1) is 16.9. The van der Waals surface area contributed by atoms with Gasteiger partial charge in [0.2, 0.25) is 0 Å². The largest absolute Gasteiger partial charge is 0.395 e. The Balaban J connectivity index is 2.03. The Labute approximate surface area is 129 Å². The van der Waals surface area contributed by atoms with Gasteiger partial charge in [-0.05, 0) is 44.0 Å². The minimum atomic E-state index is -0.633. The van der Waals surface area contributed by atoms with Crippen LogP contribution in [0.4, 0.5) is 4.39 Å². The molecule has 0 unspecified atom stereocenters. The van der Waals surface area contributed by atoms with Gasteiger partial charge in [-0.2, -0.15) is 0 Å². The van der Waals surface area contributed by atoms with E-state index in [0.717, 1.165) is 11.1 Å². The number of nitrogens with one attached hydrogen (secondary N) is 2. The Morgan fingerprint density at radius 1 is 1.55 bits per heavy atom. The SMILES string of the molecule is Cc1cc(F)ccc1C(C)(C)NC(=O)[C@@H]1CN[C@H](CO)CO1. The van der Waals surface area contributed by atoms with Crippen LogP contribution in [0.1, 0.15) is 25.0 Å². The van der Waals surface area contributed by atoms with Gasteiger partial charge in [-0.15, -0.1) is 0 Å². The van der Waals surface area contributed by atoms with E-state index in [4.69, 9.17) is 9.84 Å². The Morgan fingerprint density at radius 2 is 2.27 bits per heavy atom. The van der Waals surface area contributed by atoms with E-state index in [2.05, 4.69) is 10.6 Å². The lowest BCUT2D eigenvalue weighted by atomic mass is 9.90. The van der Waals surface area contributed by atoms with Gasteiger partial charge < -0.3 is 20.5 Å². The number of ether oxygens (including phenoxy) is 1. The molecule has 1 fully saturated rings. The third-order valence-electron chi connectivity index (χ3n) is 3.90. The third kappa shape index (κ3) is 3.82. The summed E-state index contributed by atoms with van der Waals surface area (Å²) < 4.78 is 18.7. The molecule has 1 saturated heterocycles. The summed E-state index contributed by atoms with van der Waals surface area (Å²) in [5, 5.41) is 15.0. The van der Waals surface area contributed by atoms with Crippen molar-refractivity contribution in [1.82, 2.24) is 10.6 Å². The molecule has 6 heteroatoms. The van der Waals surface area contributed by atoms with E-state index < -0.39 is 11.6 Å². The van der Waals surface area contributed by atoms with Crippen LogP contribution in [-0.4, -0.2) is 42.9 Å². The van der Waals surface area contributed by atoms with Gasteiger partial charge in [0, 0.05) is 6.54 Å². The molecule has 0 radical (unpaired) electrons. The van der Waals surface area contributed by atoms with E-state index >= 15 is 0 Å². The summed E-state index contributed by atoms with van der Waals surface area (Å²) in [4.78, 5) is 12.3. The predicted molar refractivity (Wildman–Crippen MR) is 80.9 cm³/mol. The van der Waals surface area contributed by atoms with Gasteiger partial charge >= 0.3 is 0 Å². The van der Waals surface area contributed by atoms with Crippen molar-refractivity contribution in [1.29, 1.82) is 0 Å². The van der Waals surface area contributed by atoms with Gasteiger partial charge in [-0.25, -0.2) is 4.39 Å². The summed E-state index contributed by atoms with van der Waals surface area (Å²) in [5.41, 5.74) is 1.01. The first-order valence-electron chi connectivity index (χ1n) is 7.38. The molecule has 1 aromatic carbocycles. The first-order chi connectivity index (χ1) is 10.3. The number of carbonyl (C=O) groups is 1. The number of benzene rings is 1. The number of halogens is 1. The summed E-state index contributed by atoms with van der Waals surface area (Å²) >= 11 is 0. The van der Waals surface area contributed by atoms with Crippen LogP contribution in [0, 0.1) is 12.7 Å². The molecule has 1 heterocycles. The quantitative estimate of drug-likeness (QED) is 0.770. The lowest BCUT2D eigenvalue weighted by Gasteiger charge is -2.33. The Bertz CT molecular complexity index is 540. The van der Waals surface area contributed by atoms with Crippen LogP contribution in [0.2, 0.25) is 0 Å². The van der Waals surface area contributed by atoms with Crippen LogP contribution in [0.25, 0.3) is 0 Å². The van der Waals surface area contributed by atoms with Crippen LogP contribution < -0.4 is 10.6 Å². The molecule has 22 heavy (non-hydrogen) atoms. The van der Waals surface area contributed by atoms with Crippen molar-refractivity contribution in [2.45, 2.75) is 38.5 Å². The standard InChI is InChI=1S/C16H23FN2O3/c1-10-6-11(17)4-5-13(10)16(2,3)19-15(21)14-7-18-12(8-20)9-22-14/h4-6,12,14,18,20H,7-9H2,1-3H3,(H,19,21)/t12-,14+/m1/s1. The monoisotopic (exact) mass is 310 g/mol. The van der Waals surface area contributed by atoms with Crippen molar-refractivity contribution in [3.63, 3.8) is 0 Å². The number of morpholine rings is 1. The Hall–Kier alpha value is -1.50. The van der Waals surface area contributed by atoms with Gasteiger partial charge in [0.1, 0.15) is 11.9 Å². The fraction of sp³-hybridized carbons (Fsp3) is 0.562. The van der Waals surface area contributed by atoms with Crippen LogP contribution in [0.5, 0.6) is 0 Å². The molecule has 2 rings (SSSR count). The summed E-state index contributed by atoms with van der Waals surface area (Å²) in [7, 11) is 0. The van der Waals surface area contributed by atoms with Gasteiger partial charge in [0.05, 0.1) is 24.8 Å². The number of aliphatic hydroxyl groups excluding tert-OH is 1. The average Bonchev–Trinajstić information content (AvgIpc) is 2.46. The van der Waals surface area contributed by atoms with Crippen LogP contribution in [0.15, 0.2) is 18.2 Å². The van der Waals surface area contributed by atoms with E-state index in [1.54, 1.807) is 6.07 Å². The zero-order valence-electron chi connectivity index (χ0n) is 13.1. The highest BCUT2D eigenvalue weighted by Gasteiger charge is 2.31. The summed E-state index contributed by atoms with van der Waals surface area (Å²) in [6, 6.07) is 4.40. The number of amides is 1. The second-order valence-electron chi connectivity index (χ2n) is 6.18. The van der Waals surface area contributed by atoms with Crippen molar-refractivity contribution in [2.75, 3.05) is 19.8 Å². The van der Waals surface area contributed by atoms with Gasteiger partial charge in [0.15, 0.2) is 0 Å². The molecule has 0 aliphatic carbocycles. The van der Waals surface area contributed by atoms with Crippen molar-refractivity contribution in [2.24, 2.45) is 0 Å². The zero-order valence-corrected chi connectivity index (χ0v) is 13.1. The van der Waals surface area contributed by atoms with E-state index in [9.17, 15) is 9.18 Å². The molecule has 0 spiro atoms. The van der Waals surface area contributed by atoms with Gasteiger partial charge in [-0.1, -0.05) is 6.07 Å². The number of hydrogen-bond donors (Lipinski definition) is 3. The average molecular weight is 310 g/mol. The molecule has 1 aliphatic heterocycles. The highest BCUT2D eigenvalue weighted by atomic mass is 19.1. The number of aryl methyl sites for hydroxylation is 1. The lowest BCUT2D eigenvalue weighted by molar-refractivity contribution is -0.137. The molecular formula is C16H23FN2O3. The first-order valence-corrected chi connectivity index (χ1v) is 7.38. The molecular weight excluding hydrogens is 287 g/mol. The van der Waals surface area contributed by atoms with E-state index in [1.165, 1.54) is 12.1 Å². The highest BCUT2D eigenvalue weighted by molar-refractivity contribution is 5.82. The molecule has 2 atom stereocenters. The fourth-order valence-corrected chi connectivity index (χ4v) is 2.69. The highest BCUT2D eigenvalue weighted by Crippen LogP contribution is 2.24. The maximum absolute atomic E-state index is 13.2. The minimum absolute atomic E-state index is 0.0192. The van der Waals surface area contributed by atoms with E-state index in [-0.39, 0.29) is 24.4 Å². The molecule has 1 amide bonds. The smallest absolute Gasteiger partial charge is 0.251 e. The van der Waals surface area contributed by atoms with E-state index in [1.807, 2.05) is 20.8 Å². The van der Waals surface area contributed by atoms with Crippen LogP contribution in [0.3, 0.4) is 0 Å². The fourth-order valence-electron chi connectivity index (χ4n) is 2.69. The molecule has 0 saturated carbocycles. The molecule has 1 aromatic rings. The van der Waals surface area contributed by atoms with Crippen molar-refractivity contribution < 1.29 is 19.0 Å². The second-order valence-corrected chi connectivity index (χ2v) is 6.18. The lowest BCUT2D eigenvalue weighted by Crippen LogP contribution is -2.56. The maximum atomic E-state index is 13.2. The summed E-state index contributed by atoms with van der Waals surface area (Å²) in [6.45, 7) is 6.20. The maximum Gasteiger partial charge on any atom is 0.251 e. The molecule has 5 nitrogen and oxygen atoms in total. The van der Waals surface area contributed by atoms with Crippen molar-refractivity contribution in [3.05, 3.63) is 35.1 Å². The van der Waals surface area contributed by atoms with Crippen LogP contribution in [-0.2, 0) is 15.1 Å². The predicted octanol–water partition coefficient (Wildman–Crippen LogP) is 0.835. The number of hydrogen-bond acceptors (Lipinski definition) is 4. The molecule has 0 bridgehead atoms. The van der Waals surface area contributed by atoms with Crippen LogP contribution >= 0.6 is 0 Å².